The molecule has 0 atom stereocenters. The van der Waals surface area contributed by atoms with E-state index in [0.717, 1.165) is 25.2 Å². The van der Waals surface area contributed by atoms with Crippen molar-refractivity contribution in [3.8, 4) is 17.3 Å². The average molecular weight is 465 g/mol. The predicted molar refractivity (Wildman–Crippen MR) is 85.0 cm³/mol. The van der Waals surface area contributed by atoms with Crippen molar-refractivity contribution >= 4 is 11.8 Å². The van der Waals surface area contributed by atoms with Gasteiger partial charge in [0, 0.05) is 17.5 Å². The Balaban J connectivity index is 2.50. The Labute approximate surface area is 166 Å². The lowest BCUT2D eigenvalue weighted by atomic mass is 10.1. The van der Waals surface area contributed by atoms with Crippen LogP contribution in [-0.4, -0.2) is 33.8 Å². The molecule has 2 rings (SSSR count). The monoisotopic (exact) mass is 465 g/mol. The maximum absolute atomic E-state index is 13.9. The first-order chi connectivity index (χ1) is 13.5. The van der Waals surface area contributed by atoms with Gasteiger partial charge in [-0.25, -0.2) is 0 Å². The van der Waals surface area contributed by atoms with Crippen molar-refractivity contribution < 1.29 is 43.9 Å². The van der Waals surface area contributed by atoms with Crippen molar-refractivity contribution in [3.63, 3.8) is 0 Å². The lowest BCUT2D eigenvalue weighted by Crippen LogP contribution is -2.50. The van der Waals surface area contributed by atoms with Crippen LogP contribution in [0.1, 0.15) is 11.3 Å². The highest BCUT2D eigenvalue weighted by atomic mass is 32.2. The van der Waals surface area contributed by atoms with E-state index in [9.17, 15) is 43.9 Å². The van der Waals surface area contributed by atoms with Gasteiger partial charge in [-0.15, -0.1) is 11.8 Å². The van der Waals surface area contributed by atoms with Crippen LogP contribution in [0.15, 0.2) is 29.2 Å². The molecule has 0 amide bonds. The molecule has 164 valence electrons. The Morgan fingerprint density at radius 1 is 1.00 bits per heavy atom. The number of nitrogens with zero attached hydrogens (tertiary/aromatic N) is 3. The Hall–Kier alpha value is -2.43. The lowest BCUT2D eigenvalue weighted by molar-refractivity contribution is -0.360. The number of aromatic nitrogens is 2. The standard InChI is InChI=1S/C16H9F10N3S/c1-29-10(5-12(28-29)14(20,21)15(22,23)16(24,25)26)8-2-3-9(6-27)11(4-8)30-7-13(17,18)19/h2-5H,7H2,1H3. The molecule has 0 N–H and O–H groups in total. The molecular weight excluding hydrogens is 456 g/mol. The van der Waals surface area contributed by atoms with Gasteiger partial charge in [0.25, 0.3) is 0 Å². The Bertz CT molecular complexity index is 969. The number of hydrogen-bond donors (Lipinski definition) is 0. The Morgan fingerprint density at radius 2 is 1.60 bits per heavy atom. The summed E-state index contributed by atoms with van der Waals surface area (Å²) in [5, 5.41) is 12.0. The van der Waals surface area contributed by atoms with E-state index in [1.54, 1.807) is 6.07 Å². The van der Waals surface area contributed by atoms with Crippen LogP contribution in [0.25, 0.3) is 11.3 Å². The van der Waals surface area contributed by atoms with Gasteiger partial charge >= 0.3 is 24.2 Å². The van der Waals surface area contributed by atoms with E-state index in [1.165, 1.54) is 0 Å². The SMILES string of the molecule is Cn1nc(C(F)(F)C(F)(F)C(F)(F)F)cc1-c1ccc(C#N)c(SCC(F)(F)F)c1. The summed E-state index contributed by atoms with van der Waals surface area (Å²) < 4.78 is 129. The first-order valence-electron chi connectivity index (χ1n) is 7.62. The summed E-state index contributed by atoms with van der Waals surface area (Å²) >= 11 is 0.219. The largest absolute Gasteiger partial charge is 0.460 e. The molecule has 14 heteroatoms. The fourth-order valence-corrected chi connectivity index (χ4v) is 3.08. The summed E-state index contributed by atoms with van der Waals surface area (Å²) in [6, 6.07) is 5.08. The number of benzene rings is 1. The van der Waals surface area contributed by atoms with Gasteiger partial charge in [-0.05, 0) is 18.2 Å². The quantitative estimate of drug-likeness (QED) is 0.408. The van der Waals surface area contributed by atoms with Crippen LogP contribution in [0, 0.1) is 11.3 Å². The second-order valence-electron chi connectivity index (χ2n) is 5.91. The van der Waals surface area contributed by atoms with Gasteiger partial charge in [-0.3, -0.25) is 4.68 Å². The molecule has 0 radical (unpaired) electrons. The van der Waals surface area contributed by atoms with E-state index in [1.807, 2.05) is 0 Å². The maximum Gasteiger partial charge on any atom is 0.460 e. The van der Waals surface area contributed by atoms with Crippen LogP contribution in [0.2, 0.25) is 0 Å². The van der Waals surface area contributed by atoms with Gasteiger partial charge in [0.05, 0.1) is 17.0 Å². The van der Waals surface area contributed by atoms with Crippen LogP contribution in [0.4, 0.5) is 43.9 Å². The molecule has 0 saturated heterocycles. The van der Waals surface area contributed by atoms with Gasteiger partial charge in [0.2, 0.25) is 0 Å². The van der Waals surface area contributed by atoms with E-state index in [4.69, 9.17) is 5.26 Å². The number of hydrogen-bond acceptors (Lipinski definition) is 3. The molecule has 2 aromatic rings. The third-order valence-corrected chi connectivity index (χ3v) is 4.86. The predicted octanol–water partition coefficient (Wildman–Crippen LogP) is 5.90. The number of nitriles is 1. The summed E-state index contributed by atoms with van der Waals surface area (Å²) in [4.78, 5) is -0.192. The molecular formula is C16H9F10N3S. The van der Waals surface area contributed by atoms with Crippen LogP contribution in [0.5, 0.6) is 0 Å². The zero-order chi connectivity index (χ0) is 23.1. The van der Waals surface area contributed by atoms with Crippen molar-refractivity contribution in [2.45, 2.75) is 29.1 Å². The van der Waals surface area contributed by atoms with E-state index >= 15 is 0 Å². The van der Waals surface area contributed by atoms with Gasteiger partial charge in [-0.1, -0.05) is 6.07 Å². The number of halogens is 10. The summed E-state index contributed by atoms with van der Waals surface area (Å²) in [6.45, 7) is 0. The Kier molecular flexibility index (Phi) is 6.10. The van der Waals surface area contributed by atoms with E-state index in [0.29, 0.717) is 4.68 Å². The molecule has 0 saturated carbocycles. The van der Waals surface area contributed by atoms with E-state index in [-0.39, 0.29) is 39.5 Å². The lowest BCUT2D eigenvalue weighted by Gasteiger charge is -2.26. The minimum atomic E-state index is -6.55. The fraction of sp³-hybridized carbons (Fsp3) is 0.375. The number of rotatable bonds is 5. The minimum absolute atomic E-state index is 0.119. The molecule has 1 aromatic heterocycles. The third kappa shape index (κ3) is 4.50. The van der Waals surface area contributed by atoms with E-state index < -0.39 is 35.6 Å². The zero-order valence-electron chi connectivity index (χ0n) is 14.5. The van der Waals surface area contributed by atoms with Gasteiger partial charge < -0.3 is 0 Å². The molecule has 0 aliphatic rings. The number of thioether (sulfide) groups is 1. The fourth-order valence-electron chi connectivity index (χ4n) is 2.28. The molecule has 0 unspecified atom stereocenters. The summed E-state index contributed by atoms with van der Waals surface area (Å²) in [5.74, 6) is -13.5. The third-order valence-electron chi connectivity index (χ3n) is 3.74. The number of aryl methyl sites for hydroxylation is 1. The molecule has 1 heterocycles. The minimum Gasteiger partial charge on any atom is -0.267 e. The summed E-state index contributed by atoms with van der Waals surface area (Å²) in [7, 11) is 0.974. The van der Waals surface area contributed by atoms with Crippen molar-refractivity contribution in [1.29, 1.82) is 5.26 Å². The van der Waals surface area contributed by atoms with Crippen molar-refractivity contribution in [2.75, 3.05) is 5.75 Å². The highest BCUT2D eigenvalue weighted by Crippen LogP contribution is 2.51. The van der Waals surface area contributed by atoms with Gasteiger partial charge in [-0.2, -0.15) is 54.3 Å². The number of alkyl halides is 10. The van der Waals surface area contributed by atoms with Crippen molar-refractivity contribution in [2.24, 2.45) is 7.05 Å². The molecule has 0 fully saturated rings. The summed E-state index contributed by atoms with van der Waals surface area (Å²) in [6.07, 6.45) is -11.1. The second-order valence-corrected chi connectivity index (χ2v) is 6.93. The van der Waals surface area contributed by atoms with Gasteiger partial charge in [0.1, 0.15) is 11.8 Å². The first kappa shape index (κ1) is 23.8. The van der Waals surface area contributed by atoms with Crippen molar-refractivity contribution in [1.82, 2.24) is 9.78 Å². The molecule has 30 heavy (non-hydrogen) atoms. The topological polar surface area (TPSA) is 41.6 Å². The highest BCUT2D eigenvalue weighted by Gasteiger charge is 2.74. The highest BCUT2D eigenvalue weighted by molar-refractivity contribution is 7.99. The second kappa shape index (κ2) is 7.68. The molecule has 1 aromatic carbocycles. The molecule has 0 aliphatic carbocycles. The zero-order valence-corrected chi connectivity index (χ0v) is 15.4. The Morgan fingerprint density at radius 3 is 2.10 bits per heavy atom. The average Bonchev–Trinajstić information content (AvgIpc) is 3.00. The van der Waals surface area contributed by atoms with Crippen LogP contribution < -0.4 is 0 Å². The maximum atomic E-state index is 13.9. The van der Waals surface area contributed by atoms with Crippen LogP contribution >= 0.6 is 11.8 Å². The normalized spacial score (nSPS) is 13.4. The van der Waals surface area contributed by atoms with E-state index in [2.05, 4.69) is 5.10 Å². The van der Waals surface area contributed by atoms with Crippen LogP contribution in [-0.2, 0) is 13.0 Å². The molecule has 0 aliphatic heterocycles. The van der Waals surface area contributed by atoms with Crippen molar-refractivity contribution in [3.05, 3.63) is 35.5 Å². The first-order valence-corrected chi connectivity index (χ1v) is 8.61. The molecule has 0 bridgehead atoms. The molecule has 0 spiro atoms. The molecule has 3 nitrogen and oxygen atoms in total. The van der Waals surface area contributed by atoms with Gasteiger partial charge in [0.15, 0.2) is 0 Å². The smallest absolute Gasteiger partial charge is 0.267 e. The summed E-state index contributed by atoms with van der Waals surface area (Å²) in [5.41, 5.74) is -2.55. The van der Waals surface area contributed by atoms with Crippen LogP contribution in [0.3, 0.4) is 0 Å².